The van der Waals surface area contributed by atoms with E-state index in [-0.39, 0.29) is 5.92 Å². The van der Waals surface area contributed by atoms with Gasteiger partial charge in [-0.15, -0.1) is 0 Å². The zero-order valence-electron chi connectivity index (χ0n) is 13.7. The Balaban J connectivity index is 1.91. The highest BCUT2D eigenvalue weighted by Gasteiger charge is 2.28. The summed E-state index contributed by atoms with van der Waals surface area (Å²) in [7, 11) is 0. The van der Waals surface area contributed by atoms with Crippen LogP contribution < -0.4 is 0 Å². The number of hydrogen-bond donors (Lipinski definition) is 0. The normalized spacial score (nSPS) is 22.5. The van der Waals surface area contributed by atoms with E-state index in [9.17, 15) is 4.79 Å². The van der Waals surface area contributed by atoms with Gasteiger partial charge in [0, 0.05) is 12.3 Å². The summed E-state index contributed by atoms with van der Waals surface area (Å²) in [6, 6.07) is 8.86. The Morgan fingerprint density at radius 1 is 1.00 bits per heavy atom. The Kier molecular flexibility index (Phi) is 6.48. The van der Waals surface area contributed by atoms with Crippen LogP contribution in [0.3, 0.4) is 0 Å². The fraction of sp³-hybridized carbons (Fsp3) is 0.650. The standard InChI is InChI=1S/C20H30O/c1-3-5-6-8-16-9-12-18(13-10-16)19-14-11-17(7-4-2)15-20(19)21/h9-10,12-13,17,19H,3-8,11,14-15H2,1-2H3/t17-,19+/m0/s1. The lowest BCUT2D eigenvalue weighted by atomic mass is 9.76. The number of carbonyl (C=O) groups excluding carboxylic acids is 1. The molecular weight excluding hydrogens is 256 g/mol. The summed E-state index contributed by atoms with van der Waals surface area (Å²) in [5.74, 6) is 1.29. The number of ketones is 1. The predicted molar refractivity (Wildman–Crippen MR) is 89.7 cm³/mol. The van der Waals surface area contributed by atoms with Gasteiger partial charge in [0.1, 0.15) is 5.78 Å². The molecule has 0 amide bonds. The average Bonchev–Trinajstić information content (AvgIpc) is 2.49. The van der Waals surface area contributed by atoms with Crippen LogP contribution in [0.15, 0.2) is 24.3 Å². The lowest BCUT2D eigenvalue weighted by Crippen LogP contribution is -2.23. The Hall–Kier alpha value is -1.11. The molecule has 0 aliphatic heterocycles. The second-order valence-corrected chi connectivity index (χ2v) is 6.65. The van der Waals surface area contributed by atoms with E-state index < -0.39 is 0 Å². The molecule has 0 bridgehead atoms. The highest BCUT2D eigenvalue weighted by atomic mass is 16.1. The highest BCUT2D eigenvalue weighted by Crippen LogP contribution is 2.35. The van der Waals surface area contributed by atoms with Crippen molar-refractivity contribution in [2.75, 3.05) is 0 Å². The van der Waals surface area contributed by atoms with Crippen LogP contribution in [0.5, 0.6) is 0 Å². The first-order valence-electron chi connectivity index (χ1n) is 8.86. The minimum Gasteiger partial charge on any atom is -0.299 e. The van der Waals surface area contributed by atoms with Gasteiger partial charge < -0.3 is 0 Å². The van der Waals surface area contributed by atoms with Crippen LogP contribution in [0.1, 0.15) is 82.3 Å². The molecule has 1 aliphatic rings. The molecule has 0 radical (unpaired) electrons. The van der Waals surface area contributed by atoms with Crippen molar-refractivity contribution in [3.8, 4) is 0 Å². The summed E-state index contributed by atoms with van der Waals surface area (Å²) >= 11 is 0. The largest absolute Gasteiger partial charge is 0.299 e. The van der Waals surface area contributed by atoms with Gasteiger partial charge in [-0.05, 0) is 42.7 Å². The van der Waals surface area contributed by atoms with Crippen molar-refractivity contribution in [2.45, 2.75) is 77.6 Å². The molecule has 1 aliphatic carbocycles. The van der Waals surface area contributed by atoms with Crippen LogP contribution >= 0.6 is 0 Å². The van der Waals surface area contributed by atoms with Crippen LogP contribution in [0.25, 0.3) is 0 Å². The van der Waals surface area contributed by atoms with E-state index in [0.717, 1.165) is 12.8 Å². The van der Waals surface area contributed by atoms with Crippen molar-refractivity contribution in [1.82, 2.24) is 0 Å². The topological polar surface area (TPSA) is 17.1 Å². The van der Waals surface area contributed by atoms with Gasteiger partial charge in [-0.2, -0.15) is 0 Å². The maximum Gasteiger partial charge on any atom is 0.140 e. The summed E-state index contributed by atoms with van der Waals surface area (Å²) in [6.07, 6.45) is 10.5. The number of hydrogen-bond acceptors (Lipinski definition) is 1. The fourth-order valence-corrected chi connectivity index (χ4v) is 3.60. The van der Waals surface area contributed by atoms with E-state index in [2.05, 4.69) is 38.1 Å². The SMILES string of the molecule is CCCCCc1ccc([C@H]2CC[C@H](CCC)CC2=O)cc1. The smallest absolute Gasteiger partial charge is 0.140 e. The molecule has 1 aromatic rings. The Morgan fingerprint density at radius 2 is 1.76 bits per heavy atom. The molecule has 1 aromatic carbocycles. The predicted octanol–water partition coefficient (Wildman–Crippen LogP) is 5.67. The number of benzene rings is 1. The number of carbonyl (C=O) groups is 1. The fourth-order valence-electron chi connectivity index (χ4n) is 3.60. The Labute approximate surface area is 130 Å². The molecule has 21 heavy (non-hydrogen) atoms. The van der Waals surface area contributed by atoms with Crippen LogP contribution in [0, 0.1) is 5.92 Å². The summed E-state index contributed by atoms with van der Waals surface area (Å²) < 4.78 is 0. The van der Waals surface area contributed by atoms with Crippen molar-refractivity contribution < 1.29 is 4.79 Å². The van der Waals surface area contributed by atoms with E-state index in [0.29, 0.717) is 11.7 Å². The second kappa shape index (κ2) is 8.36. The first-order chi connectivity index (χ1) is 10.2. The zero-order valence-corrected chi connectivity index (χ0v) is 13.7. The third kappa shape index (κ3) is 4.69. The molecular formula is C20H30O. The summed E-state index contributed by atoms with van der Waals surface area (Å²) in [5, 5.41) is 0. The first kappa shape index (κ1) is 16.3. The third-order valence-electron chi connectivity index (χ3n) is 4.89. The van der Waals surface area contributed by atoms with Gasteiger partial charge in [0.25, 0.3) is 0 Å². The molecule has 0 heterocycles. The maximum atomic E-state index is 12.4. The maximum absolute atomic E-state index is 12.4. The highest BCUT2D eigenvalue weighted by molar-refractivity contribution is 5.86. The Morgan fingerprint density at radius 3 is 2.38 bits per heavy atom. The molecule has 0 unspecified atom stereocenters. The van der Waals surface area contributed by atoms with Gasteiger partial charge in [-0.3, -0.25) is 4.79 Å². The lowest BCUT2D eigenvalue weighted by Gasteiger charge is -2.27. The second-order valence-electron chi connectivity index (χ2n) is 6.65. The van der Waals surface area contributed by atoms with Crippen LogP contribution in [0.4, 0.5) is 0 Å². The van der Waals surface area contributed by atoms with Crippen molar-refractivity contribution >= 4 is 5.78 Å². The van der Waals surface area contributed by atoms with E-state index >= 15 is 0 Å². The van der Waals surface area contributed by atoms with Gasteiger partial charge in [0.15, 0.2) is 0 Å². The number of unbranched alkanes of at least 4 members (excludes halogenated alkanes) is 2. The number of aryl methyl sites for hydroxylation is 1. The van der Waals surface area contributed by atoms with Crippen LogP contribution in [-0.4, -0.2) is 5.78 Å². The lowest BCUT2D eigenvalue weighted by molar-refractivity contribution is -0.123. The van der Waals surface area contributed by atoms with E-state index in [1.165, 1.54) is 56.1 Å². The van der Waals surface area contributed by atoms with Crippen molar-refractivity contribution in [3.05, 3.63) is 35.4 Å². The van der Waals surface area contributed by atoms with Crippen LogP contribution in [0.2, 0.25) is 0 Å². The van der Waals surface area contributed by atoms with E-state index in [1.807, 2.05) is 0 Å². The van der Waals surface area contributed by atoms with Gasteiger partial charge in [-0.25, -0.2) is 0 Å². The molecule has 2 atom stereocenters. The van der Waals surface area contributed by atoms with Crippen molar-refractivity contribution in [3.63, 3.8) is 0 Å². The summed E-state index contributed by atoms with van der Waals surface area (Å²) in [5.41, 5.74) is 2.66. The number of rotatable bonds is 7. The van der Waals surface area contributed by atoms with E-state index in [4.69, 9.17) is 0 Å². The van der Waals surface area contributed by atoms with Gasteiger partial charge in [0.05, 0.1) is 0 Å². The summed E-state index contributed by atoms with van der Waals surface area (Å²) in [6.45, 7) is 4.46. The van der Waals surface area contributed by atoms with Gasteiger partial charge >= 0.3 is 0 Å². The molecule has 0 N–H and O–H groups in total. The molecule has 0 saturated heterocycles. The Bertz CT molecular complexity index is 432. The third-order valence-corrected chi connectivity index (χ3v) is 4.89. The quantitative estimate of drug-likeness (QED) is 0.590. The van der Waals surface area contributed by atoms with Gasteiger partial charge in [-0.1, -0.05) is 63.8 Å². The molecule has 1 saturated carbocycles. The number of Topliss-reactive ketones (excluding diaryl/α,β-unsaturated/α-hetero) is 1. The molecule has 0 spiro atoms. The monoisotopic (exact) mass is 286 g/mol. The molecule has 1 fully saturated rings. The molecule has 1 heteroatoms. The summed E-state index contributed by atoms with van der Waals surface area (Å²) in [4.78, 5) is 12.4. The first-order valence-corrected chi connectivity index (χ1v) is 8.86. The molecule has 0 aromatic heterocycles. The average molecular weight is 286 g/mol. The van der Waals surface area contributed by atoms with Crippen molar-refractivity contribution in [1.29, 1.82) is 0 Å². The molecule has 2 rings (SSSR count). The minimum absolute atomic E-state index is 0.169. The zero-order chi connectivity index (χ0) is 15.1. The minimum atomic E-state index is 0.169. The van der Waals surface area contributed by atoms with E-state index in [1.54, 1.807) is 0 Å². The van der Waals surface area contributed by atoms with Gasteiger partial charge in [0.2, 0.25) is 0 Å². The molecule has 1 nitrogen and oxygen atoms in total. The van der Waals surface area contributed by atoms with Crippen molar-refractivity contribution in [2.24, 2.45) is 5.92 Å². The molecule has 116 valence electrons. The van der Waals surface area contributed by atoms with Crippen LogP contribution in [-0.2, 0) is 11.2 Å².